The van der Waals surface area contributed by atoms with Gasteiger partial charge in [0, 0.05) is 26.2 Å². The highest BCUT2D eigenvalue weighted by Gasteiger charge is 2.56. The van der Waals surface area contributed by atoms with Gasteiger partial charge in [-0.2, -0.15) is 0 Å². The first-order valence-electron chi connectivity index (χ1n) is 7.96. The Morgan fingerprint density at radius 2 is 1.95 bits per heavy atom. The maximum absolute atomic E-state index is 12.8. The predicted octanol–water partition coefficient (Wildman–Crippen LogP) is -0.744. The van der Waals surface area contributed by atoms with Crippen LogP contribution in [0.4, 0.5) is 0 Å². The summed E-state index contributed by atoms with van der Waals surface area (Å²) in [7, 11) is 2.09. The van der Waals surface area contributed by atoms with Gasteiger partial charge in [0.15, 0.2) is 5.79 Å². The summed E-state index contributed by atoms with van der Waals surface area (Å²) < 4.78 is 22.5. The number of nitrogens with one attached hydrogen (secondary N) is 1. The van der Waals surface area contributed by atoms with Crippen LogP contribution < -0.4 is 5.23 Å². The van der Waals surface area contributed by atoms with Gasteiger partial charge in [-0.15, -0.1) is 0 Å². The molecule has 1 saturated carbocycles. The molecule has 7 nitrogen and oxygen atoms in total. The number of carbonyl (C=O) groups excluding carboxylic acids is 1. The van der Waals surface area contributed by atoms with Gasteiger partial charge in [-0.3, -0.25) is 4.79 Å². The second-order valence-electron chi connectivity index (χ2n) is 6.59. The van der Waals surface area contributed by atoms with Crippen LogP contribution in [0.5, 0.6) is 0 Å². The van der Waals surface area contributed by atoms with Gasteiger partial charge in [0.05, 0.1) is 19.1 Å². The zero-order chi connectivity index (χ0) is 15.7. The standard InChI is InChI=1S/C14H25BN2O5/c1-14(2)21-11-9(13(18)17-4-6-20-7-5-17)8-10(12(11)22-14)16-15-19-3/h9-12,15-16H,4-8H2,1-3H3/t9-,10+,11+,12-/m0/s1. The number of hydrogen-bond donors (Lipinski definition) is 1. The average Bonchev–Trinajstić information content (AvgIpc) is 2.99. The van der Waals surface area contributed by atoms with Gasteiger partial charge < -0.3 is 29.0 Å². The topological polar surface area (TPSA) is 69.3 Å². The summed E-state index contributed by atoms with van der Waals surface area (Å²) in [6.07, 6.45) is 0.408. The van der Waals surface area contributed by atoms with E-state index in [0.717, 1.165) is 0 Å². The Kier molecular flexibility index (Phi) is 4.75. The van der Waals surface area contributed by atoms with Crippen molar-refractivity contribution in [3.63, 3.8) is 0 Å². The molecule has 0 radical (unpaired) electrons. The second-order valence-corrected chi connectivity index (χ2v) is 6.59. The molecule has 0 aromatic rings. The summed E-state index contributed by atoms with van der Waals surface area (Å²) >= 11 is 0. The van der Waals surface area contributed by atoms with Crippen molar-refractivity contribution in [1.82, 2.24) is 10.1 Å². The predicted molar refractivity (Wildman–Crippen MR) is 80.4 cm³/mol. The number of hydrogen-bond acceptors (Lipinski definition) is 6. The van der Waals surface area contributed by atoms with E-state index in [4.69, 9.17) is 18.9 Å². The molecule has 2 heterocycles. The largest absolute Gasteiger partial charge is 0.427 e. The van der Waals surface area contributed by atoms with E-state index in [1.54, 1.807) is 7.11 Å². The lowest BCUT2D eigenvalue weighted by Gasteiger charge is -2.31. The monoisotopic (exact) mass is 312 g/mol. The third-order valence-corrected chi connectivity index (χ3v) is 4.59. The Hall–Kier alpha value is -0.665. The third kappa shape index (κ3) is 3.16. The van der Waals surface area contributed by atoms with Gasteiger partial charge in [-0.05, 0) is 20.3 Å². The van der Waals surface area contributed by atoms with Crippen LogP contribution in [0.1, 0.15) is 20.3 Å². The first-order chi connectivity index (χ1) is 10.5. The smallest absolute Gasteiger partial charge is 0.360 e. The number of nitrogens with zero attached hydrogens (tertiary/aromatic N) is 1. The Labute approximate surface area is 131 Å². The zero-order valence-electron chi connectivity index (χ0n) is 13.5. The normalized spacial score (nSPS) is 37.1. The highest BCUT2D eigenvalue weighted by atomic mass is 16.8. The van der Waals surface area contributed by atoms with Crippen molar-refractivity contribution in [2.24, 2.45) is 5.92 Å². The fourth-order valence-corrected chi connectivity index (χ4v) is 3.63. The van der Waals surface area contributed by atoms with Crippen molar-refractivity contribution < 1.29 is 23.7 Å². The van der Waals surface area contributed by atoms with Gasteiger partial charge >= 0.3 is 7.62 Å². The molecule has 0 unspecified atom stereocenters. The molecule has 2 aliphatic heterocycles. The van der Waals surface area contributed by atoms with Crippen molar-refractivity contribution in [3.05, 3.63) is 0 Å². The van der Waals surface area contributed by atoms with Crippen molar-refractivity contribution in [2.45, 2.75) is 44.3 Å². The van der Waals surface area contributed by atoms with Crippen LogP contribution in [0.2, 0.25) is 0 Å². The highest BCUT2D eigenvalue weighted by molar-refractivity contribution is 6.23. The minimum absolute atomic E-state index is 0.0710. The Morgan fingerprint density at radius 3 is 2.64 bits per heavy atom. The molecule has 3 fully saturated rings. The zero-order valence-corrected chi connectivity index (χ0v) is 13.5. The van der Waals surface area contributed by atoms with Crippen LogP contribution in [-0.2, 0) is 23.7 Å². The molecule has 0 bridgehead atoms. The maximum atomic E-state index is 12.8. The maximum Gasteiger partial charge on any atom is 0.360 e. The van der Waals surface area contributed by atoms with E-state index in [-0.39, 0.29) is 30.1 Å². The highest BCUT2D eigenvalue weighted by Crippen LogP contribution is 2.42. The molecule has 22 heavy (non-hydrogen) atoms. The number of carbonyl (C=O) groups is 1. The molecule has 8 heteroatoms. The van der Waals surface area contributed by atoms with Crippen LogP contribution in [0, 0.1) is 5.92 Å². The summed E-state index contributed by atoms with van der Waals surface area (Å²) in [5.41, 5.74) is 0. The van der Waals surface area contributed by atoms with Crippen LogP contribution in [0.25, 0.3) is 0 Å². The third-order valence-electron chi connectivity index (χ3n) is 4.59. The number of amides is 1. The van der Waals surface area contributed by atoms with Crippen LogP contribution in [0.3, 0.4) is 0 Å². The molecular formula is C14H25BN2O5. The summed E-state index contributed by atoms with van der Waals surface area (Å²) in [6, 6.07) is 0.0710. The van der Waals surface area contributed by atoms with E-state index in [0.29, 0.717) is 40.3 Å². The van der Waals surface area contributed by atoms with E-state index in [9.17, 15) is 4.79 Å². The number of fused-ring (bicyclic) bond motifs is 1. The lowest BCUT2D eigenvalue weighted by atomic mass is 10.0. The Bertz CT molecular complexity index is 416. The van der Waals surface area contributed by atoms with E-state index in [2.05, 4.69) is 5.23 Å². The van der Waals surface area contributed by atoms with E-state index < -0.39 is 5.79 Å². The van der Waals surface area contributed by atoms with Crippen molar-refractivity contribution in [2.75, 3.05) is 33.4 Å². The van der Waals surface area contributed by atoms with Crippen LogP contribution in [0.15, 0.2) is 0 Å². The molecule has 0 aromatic heterocycles. The molecule has 3 aliphatic rings. The number of morpholine rings is 1. The number of ether oxygens (including phenoxy) is 3. The summed E-state index contributed by atoms with van der Waals surface area (Å²) in [4.78, 5) is 14.7. The average molecular weight is 312 g/mol. The Balaban J connectivity index is 1.71. The molecule has 1 aliphatic carbocycles. The summed E-state index contributed by atoms with van der Waals surface area (Å²) in [5.74, 6) is -0.660. The van der Waals surface area contributed by atoms with E-state index >= 15 is 0 Å². The minimum atomic E-state index is -0.647. The summed E-state index contributed by atoms with van der Waals surface area (Å²) in [6.45, 7) is 6.34. The quantitative estimate of drug-likeness (QED) is 0.690. The van der Waals surface area contributed by atoms with Crippen molar-refractivity contribution >= 4 is 13.5 Å². The van der Waals surface area contributed by atoms with Gasteiger partial charge in [0.25, 0.3) is 0 Å². The fraction of sp³-hybridized carbons (Fsp3) is 0.929. The van der Waals surface area contributed by atoms with E-state index in [1.165, 1.54) is 0 Å². The molecule has 3 rings (SSSR count). The molecule has 0 spiro atoms. The van der Waals surface area contributed by atoms with Gasteiger partial charge in [0.2, 0.25) is 5.91 Å². The van der Waals surface area contributed by atoms with E-state index in [1.807, 2.05) is 18.7 Å². The lowest BCUT2D eigenvalue weighted by Crippen LogP contribution is -2.46. The molecule has 1 N–H and O–H groups in total. The minimum Gasteiger partial charge on any atom is -0.427 e. The van der Waals surface area contributed by atoms with Crippen LogP contribution >= 0.6 is 0 Å². The molecule has 2 saturated heterocycles. The van der Waals surface area contributed by atoms with Crippen molar-refractivity contribution in [3.8, 4) is 0 Å². The SMILES string of the molecule is COBN[C@@H]1C[C@H](C(=O)N2CCOCC2)[C@H]2OC(C)(C)O[C@H]21. The molecule has 4 atom stereocenters. The lowest BCUT2D eigenvalue weighted by molar-refractivity contribution is -0.165. The van der Waals surface area contributed by atoms with Gasteiger partial charge in [-0.25, -0.2) is 0 Å². The molecular weight excluding hydrogens is 287 g/mol. The Morgan fingerprint density at radius 1 is 1.27 bits per heavy atom. The second kappa shape index (κ2) is 6.45. The fourth-order valence-electron chi connectivity index (χ4n) is 3.63. The van der Waals surface area contributed by atoms with Crippen molar-refractivity contribution in [1.29, 1.82) is 0 Å². The summed E-state index contributed by atoms with van der Waals surface area (Å²) in [5, 5.41) is 3.31. The molecule has 0 aromatic carbocycles. The van der Waals surface area contributed by atoms with Gasteiger partial charge in [-0.1, -0.05) is 0 Å². The van der Waals surface area contributed by atoms with Gasteiger partial charge in [0.1, 0.15) is 12.2 Å². The first-order valence-corrected chi connectivity index (χ1v) is 7.96. The molecule has 1 amide bonds. The van der Waals surface area contributed by atoms with Crippen LogP contribution in [-0.4, -0.2) is 75.9 Å². The number of rotatable bonds is 4. The molecule has 124 valence electrons. The first kappa shape index (κ1) is 16.2.